The summed E-state index contributed by atoms with van der Waals surface area (Å²) in [5.74, 6) is 0.390. The van der Waals surface area contributed by atoms with Gasteiger partial charge in [0.05, 0.1) is 12.5 Å². The summed E-state index contributed by atoms with van der Waals surface area (Å²) in [5, 5.41) is 13.5. The first kappa shape index (κ1) is 15.5. The smallest absolute Gasteiger partial charge is 0.236 e. The van der Waals surface area contributed by atoms with E-state index in [-0.39, 0.29) is 18.2 Å². The maximum absolute atomic E-state index is 11.8. The van der Waals surface area contributed by atoms with E-state index in [2.05, 4.69) is 5.32 Å². The third-order valence-corrected chi connectivity index (χ3v) is 4.58. The summed E-state index contributed by atoms with van der Waals surface area (Å²) in [6.07, 6.45) is 2.17. The summed E-state index contributed by atoms with van der Waals surface area (Å²) in [6.45, 7) is 2.04. The summed E-state index contributed by atoms with van der Waals surface area (Å²) in [4.78, 5) is 26.2. The topological polar surface area (TPSA) is 73.2 Å². The summed E-state index contributed by atoms with van der Waals surface area (Å²) in [6, 6.07) is 5.80. The molecule has 2 heterocycles. The number of piperidine rings is 1. The van der Waals surface area contributed by atoms with Gasteiger partial charge in [0.25, 0.3) is 0 Å². The zero-order chi connectivity index (χ0) is 15.1. The molecular weight excluding hydrogens is 286 g/mol. The van der Waals surface area contributed by atoms with Gasteiger partial charge < -0.3 is 10.2 Å². The fraction of sp³-hybridized carbons (Fsp3) is 0.533. The van der Waals surface area contributed by atoms with E-state index in [1.165, 1.54) is 0 Å². The minimum Gasteiger partial charge on any atom is -0.356 e. The van der Waals surface area contributed by atoms with Gasteiger partial charge in [0.2, 0.25) is 11.8 Å². The molecule has 1 aromatic rings. The summed E-state index contributed by atoms with van der Waals surface area (Å²) in [5.41, 5.74) is 0. The Bertz CT molecular complexity index is 514. The van der Waals surface area contributed by atoms with Crippen LogP contribution in [0.3, 0.4) is 0 Å². The van der Waals surface area contributed by atoms with Crippen molar-refractivity contribution in [2.45, 2.75) is 25.7 Å². The lowest BCUT2D eigenvalue weighted by Crippen LogP contribution is -2.41. The van der Waals surface area contributed by atoms with Gasteiger partial charge in [0, 0.05) is 24.5 Å². The zero-order valence-corrected chi connectivity index (χ0v) is 12.7. The molecule has 6 heteroatoms. The Hall–Kier alpha value is -1.87. The molecule has 5 nitrogen and oxygen atoms in total. The van der Waals surface area contributed by atoms with Crippen molar-refractivity contribution in [3.63, 3.8) is 0 Å². The van der Waals surface area contributed by atoms with Crippen LogP contribution in [0.2, 0.25) is 0 Å². The molecule has 0 aliphatic carbocycles. The predicted octanol–water partition coefficient (Wildman–Crippen LogP) is 1.56. The molecule has 2 amide bonds. The predicted molar refractivity (Wildman–Crippen MR) is 80.6 cm³/mol. The Morgan fingerprint density at radius 2 is 2.19 bits per heavy atom. The Kier molecular flexibility index (Phi) is 5.76. The van der Waals surface area contributed by atoms with Crippen LogP contribution < -0.4 is 5.32 Å². The summed E-state index contributed by atoms with van der Waals surface area (Å²) < 4.78 is 0. The van der Waals surface area contributed by atoms with E-state index in [1.54, 1.807) is 16.2 Å². The van der Waals surface area contributed by atoms with E-state index in [4.69, 9.17) is 5.26 Å². The molecule has 0 atom stereocenters. The number of carbonyl (C=O) groups excluding carboxylic acids is 2. The molecule has 0 unspecified atom stereocenters. The highest BCUT2D eigenvalue weighted by Crippen LogP contribution is 2.17. The molecule has 0 aromatic carbocycles. The lowest BCUT2D eigenvalue weighted by molar-refractivity contribution is -0.131. The number of amides is 2. The lowest BCUT2D eigenvalue weighted by atomic mass is 9.96. The highest BCUT2D eigenvalue weighted by molar-refractivity contribution is 7.10. The van der Waals surface area contributed by atoms with E-state index >= 15 is 0 Å². The van der Waals surface area contributed by atoms with Crippen LogP contribution in [0.5, 0.6) is 0 Å². The normalized spacial score (nSPS) is 15.5. The van der Waals surface area contributed by atoms with Gasteiger partial charge in [-0.1, -0.05) is 6.07 Å². The third kappa shape index (κ3) is 4.87. The van der Waals surface area contributed by atoms with Gasteiger partial charge >= 0.3 is 0 Å². The number of nitrogens with zero attached hydrogens (tertiary/aromatic N) is 2. The number of hydrogen-bond donors (Lipinski definition) is 1. The second-order valence-electron chi connectivity index (χ2n) is 5.22. The number of nitrogens with one attached hydrogen (secondary N) is 1. The number of hydrogen-bond acceptors (Lipinski definition) is 4. The molecule has 1 aromatic heterocycles. The van der Waals surface area contributed by atoms with Crippen molar-refractivity contribution in [1.29, 1.82) is 5.26 Å². The minimum atomic E-state index is -0.0855. The molecule has 1 fully saturated rings. The first-order valence-electron chi connectivity index (χ1n) is 7.13. The third-order valence-electron chi connectivity index (χ3n) is 3.70. The highest BCUT2D eigenvalue weighted by Gasteiger charge is 2.22. The lowest BCUT2D eigenvalue weighted by Gasteiger charge is -2.31. The van der Waals surface area contributed by atoms with Gasteiger partial charge in [-0.3, -0.25) is 9.59 Å². The number of nitriles is 1. The van der Waals surface area contributed by atoms with E-state index < -0.39 is 0 Å². The Morgan fingerprint density at radius 3 is 2.81 bits per heavy atom. The number of carbonyl (C=O) groups is 2. The second-order valence-corrected chi connectivity index (χ2v) is 6.25. The van der Waals surface area contributed by atoms with Crippen LogP contribution in [0.4, 0.5) is 0 Å². The molecular formula is C15H19N3O2S. The van der Waals surface area contributed by atoms with Gasteiger partial charge in [-0.05, 0) is 30.2 Å². The molecule has 0 spiro atoms. The molecule has 0 radical (unpaired) electrons. The first-order valence-corrected chi connectivity index (χ1v) is 8.01. The fourth-order valence-corrected chi connectivity index (χ4v) is 3.16. The van der Waals surface area contributed by atoms with Crippen LogP contribution in [0.1, 0.15) is 24.1 Å². The maximum atomic E-state index is 11.8. The van der Waals surface area contributed by atoms with E-state index in [0.717, 1.165) is 17.7 Å². The van der Waals surface area contributed by atoms with Crippen molar-refractivity contribution < 1.29 is 9.59 Å². The van der Waals surface area contributed by atoms with Crippen molar-refractivity contribution in [1.82, 2.24) is 10.2 Å². The fourth-order valence-electron chi connectivity index (χ4n) is 2.46. The highest BCUT2D eigenvalue weighted by atomic mass is 32.1. The molecule has 1 aliphatic rings. The molecule has 112 valence electrons. The number of thiophene rings is 1. The van der Waals surface area contributed by atoms with E-state index in [1.807, 2.05) is 23.6 Å². The number of rotatable bonds is 5. The van der Waals surface area contributed by atoms with Gasteiger partial charge in [0.15, 0.2) is 0 Å². The minimum absolute atomic E-state index is 0.0395. The molecule has 21 heavy (non-hydrogen) atoms. The largest absolute Gasteiger partial charge is 0.356 e. The standard InChI is InChI=1S/C15H19N3O2S/c16-6-3-15(20)18-7-4-12(5-8-18)11-17-14(19)10-13-2-1-9-21-13/h1-2,9,12H,3-5,7-8,10-11H2,(H,17,19). The van der Waals surface area contributed by atoms with Gasteiger partial charge in [0.1, 0.15) is 6.42 Å². The van der Waals surface area contributed by atoms with Gasteiger partial charge in [-0.15, -0.1) is 11.3 Å². The average molecular weight is 305 g/mol. The number of likely N-dealkylation sites (tertiary alicyclic amines) is 1. The van der Waals surface area contributed by atoms with Crippen LogP contribution >= 0.6 is 11.3 Å². The maximum Gasteiger partial charge on any atom is 0.236 e. The van der Waals surface area contributed by atoms with Gasteiger partial charge in [-0.2, -0.15) is 5.26 Å². The summed E-state index contributed by atoms with van der Waals surface area (Å²) in [7, 11) is 0. The SMILES string of the molecule is N#CCC(=O)N1CCC(CNC(=O)Cc2cccs2)CC1. The second kappa shape index (κ2) is 7.79. The quantitative estimate of drug-likeness (QED) is 0.897. The van der Waals surface area contributed by atoms with Crippen LogP contribution in [-0.2, 0) is 16.0 Å². The van der Waals surface area contributed by atoms with Crippen molar-refractivity contribution in [3.8, 4) is 6.07 Å². The van der Waals surface area contributed by atoms with Crippen LogP contribution in [0.25, 0.3) is 0 Å². The van der Waals surface area contributed by atoms with Crippen LogP contribution in [-0.4, -0.2) is 36.3 Å². The molecule has 2 rings (SSSR count). The Morgan fingerprint density at radius 1 is 1.43 bits per heavy atom. The van der Waals surface area contributed by atoms with Crippen LogP contribution in [0.15, 0.2) is 17.5 Å². The summed E-state index contributed by atoms with van der Waals surface area (Å²) >= 11 is 1.59. The Balaban J connectivity index is 1.66. The van der Waals surface area contributed by atoms with Crippen molar-refractivity contribution in [2.75, 3.05) is 19.6 Å². The van der Waals surface area contributed by atoms with E-state index in [0.29, 0.717) is 32.0 Å². The van der Waals surface area contributed by atoms with Crippen molar-refractivity contribution >= 4 is 23.2 Å². The molecule has 0 bridgehead atoms. The Labute approximate surface area is 128 Å². The van der Waals surface area contributed by atoms with Crippen LogP contribution in [0, 0.1) is 17.2 Å². The molecule has 1 N–H and O–H groups in total. The average Bonchev–Trinajstić information content (AvgIpc) is 2.99. The van der Waals surface area contributed by atoms with Gasteiger partial charge in [-0.25, -0.2) is 0 Å². The zero-order valence-electron chi connectivity index (χ0n) is 11.9. The first-order chi connectivity index (χ1) is 10.2. The molecule has 0 saturated carbocycles. The molecule has 1 saturated heterocycles. The monoisotopic (exact) mass is 305 g/mol. The van der Waals surface area contributed by atoms with E-state index in [9.17, 15) is 9.59 Å². The van der Waals surface area contributed by atoms with Crippen molar-refractivity contribution in [3.05, 3.63) is 22.4 Å². The molecule has 1 aliphatic heterocycles. The van der Waals surface area contributed by atoms with Crippen molar-refractivity contribution in [2.24, 2.45) is 5.92 Å².